The highest BCUT2D eigenvalue weighted by Crippen LogP contribution is 2.30. The van der Waals surface area contributed by atoms with Gasteiger partial charge in [-0.05, 0) is 30.1 Å². The minimum atomic E-state index is -4.67. The van der Waals surface area contributed by atoms with Crippen molar-refractivity contribution < 1.29 is 23.2 Å². The number of aromatic nitrogens is 1. The number of pyridine rings is 1. The third kappa shape index (κ3) is 2.54. The van der Waals surface area contributed by atoms with Crippen LogP contribution < -0.4 is 5.46 Å². The van der Waals surface area contributed by atoms with E-state index in [4.69, 9.17) is 11.6 Å². The lowest BCUT2D eigenvalue weighted by Crippen LogP contribution is -2.32. The molecule has 2 rings (SSSR count). The van der Waals surface area contributed by atoms with Gasteiger partial charge in [0.25, 0.3) is 0 Å². The van der Waals surface area contributed by atoms with Gasteiger partial charge in [0.15, 0.2) is 0 Å². The van der Waals surface area contributed by atoms with Crippen LogP contribution in [0.3, 0.4) is 0 Å². The van der Waals surface area contributed by atoms with Crippen molar-refractivity contribution in [1.82, 2.24) is 4.98 Å². The van der Waals surface area contributed by atoms with Gasteiger partial charge in [0.2, 0.25) is 0 Å². The summed E-state index contributed by atoms with van der Waals surface area (Å²) in [5.41, 5.74) is -1.08. The Labute approximate surface area is 111 Å². The summed E-state index contributed by atoms with van der Waals surface area (Å²) in [5, 5.41) is 18.9. The van der Waals surface area contributed by atoms with Gasteiger partial charge in [-0.15, -0.1) is 0 Å². The van der Waals surface area contributed by atoms with Crippen LogP contribution in [0, 0.1) is 6.92 Å². The van der Waals surface area contributed by atoms with Crippen LogP contribution in [0.5, 0.6) is 0 Å². The second-order valence-corrected chi connectivity index (χ2v) is 4.44. The van der Waals surface area contributed by atoms with Crippen molar-refractivity contribution >= 4 is 35.1 Å². The highest BCUT2D eigenvalue weighted by Gasteiger charge is 2.34. The smallest absolute Gasteiger partial charge is 0.423 e. The summed E-state index contributed by atoms with van der Waals surface area (Å²) in [4.78, 5) is 3.52. The van der Waals surface area contributed by atoms with Crippen LogP contribution >= 0.6 is 11.6 Å². The van der Waals surface area contributed by atoms with Crippen LogP contribution in [0.25, 0.3) is 10.9 Å². The minimum absolute atomic E-state index is 0.00502. The summed E-state index contributed by atoms with van der Waals surface area (Å²) in [7, 11) is -2.02. The van der Waals surface area contributed by atoms with Crippen molar-refractivity contribution in [2.24, 2.45) is 0 Å². The fourth-order valence-corrected chi connectivity index (χ4v) is 1.94. The van der Waals surface area contributed by atoms with Gasteiger partial charge in [-0.2, -0.15) is 13.2 Å². The number of fused-ring (bicyclic) bond motifs is 1. The van der Waals surface area contributed by atoms with Crippen molar-refractivity contribution in [3.63, 3.8) is 0 Å². The predicted molar refractivity (Wildman–Crippen MR) is 66.3 cm³/mol. The van der Waals surface area contributed by atoms with E-state index < -0.39 is 19.0 Å². The Kier molecular flexibility index (Phi) is 3.46. The highest BCUT2D eigenvalue weighted by molar-refractivity contribution is 6.62. The molecule has 19 heavy (non-hydrogen) atoms. The van der Waals surface area contributed by atoms with Crippen LogP contribution in [-0.4, -0.2) is 22.2 Å². The molecule has 0 atom stereocenters. The molecular formula is C11H8BClF3NO2. The number of hydrogen-bond acceptors (Lipinski definition) is 3. The molecule has 2 N–H and O–H groups in total. The van der Waals surface area contributed by atoms with Crippen LogP contribution in [0.1, 0.15) is 11.3 Å². The van der Waals surface area contributed by atoms with E-state index in [1.807, 2.05) is 0 Å². The van der Waals surface area contributed by atoms with Gasteiger partial charge in [0, 0.05) is 10.4 Å². The maximum Gasteiger partial charge on any atom is 0.489 e. The van der Waals surface area contributed by atoms with E-state index in [0.717, 1.165) is 0 Å². The van der Waals surface area contributed by atoms with Gasteiger partial charge in [0.05, 0.1) is 5.52 Å². The molecule has 0 unspecified atom stereocenters. The molecule has 0 aliphatic carbocycles. The molecule has 0 saturated carbocycles. The molecule has 8 heteroatoms. The van der Waals surface area contributed by atoms with E-state index in [1.165, 1.54) is 19.1 Å². The van der Waals surface area contributed by atoms with Gasteiger partial charge >= 0.3 is 13.3 Å². The van der Waals surface area contributed by atoms with Crippen molar-refractivity contribution in [2.45, 2.75) is 13.1 Å². The molecule has 0 spiro atoms. The van der Waals surface area contributed by atoms with E-state index in [2.05, 4.69) is 4.98 Å². The van der Waals surface area contributed by atoms with Crippen LogP contribution in [0.15, 0.2) is 18.2 Å². The van der Waals surface area contributed by atoms with Gasteiger partial charge in [0.1, 0.15) is 5.69 Å². The van der Waals surface area contributed by atoms with Crippen molar-refractivity contribution in [2.75, 3.05) is 0 Å². The second-order valence-electron chi connectivity index (χ2n) is 4.04. The fourth-order valence-electron chi connectivity index (χ4n) is 1.79. The zero-order chi connectivity index (χ0) is 14.4. The molecule has 1 heterocycles. The molecule has 0 fully saturated rings. The third-order valence-electron chi connectivity index (χ3n) is 2.77. The zero-order valence-corrected chi connectivity index (χ0v) is 10.4. The third-order valence-corrected chi connectivity index (χ3v) is 3.18. The lowest BCUT2D eigenvalue weighted by Gasteiger charge is -2.13. The molecule has 0 bridgehead atoms. The minimum Gasteiger partial charge on any atom is -0.423 e. The van der Waals surface area contributed by atoms with E-state index in [-0.39, 0.29) is 21.4 Å². The average molecular weight is 289 g/mol. The topological polar surface area (TPSA) is 53.4 Å². The van der Waals surface area contributed by atoms with Crippen molar-refractivity contribution in [3.05, 3.63) is 34.5 Å². The maximum absolute atomic E-state index is 12.7. The number of benzene rings is 1. The molecule has 3 nitrogen and oxygen atoms in total. The van der Waals surface area contributed by atoms with E-state index in [9.17, 15) is 23.2 Å². The normalized spacial score (nSPS) is 11.9. The number of rotatable bonds is 1. The van der Waals surface area contributed by atoms with Gasteiger partial charge in [-0.3, -0.25) is 0 Å². The summed E-state index contributed by atoms with van der Waals surface area (Å²) in [5.74, 6) is 0. The lowest BCUT2D eigenvalue weighted by atomic mass is 9.77. The van der Waals surface area contributed by atoms with E-state index in [0.29, 0.717) is 11.6 Å². The SMILES string of the molecule is Cc1c(Cl)ccc2c(B(O)O)cc(C(F)(F)F)nc12. The first-order chi connectivity index (χ1) is 8.71. The van der Waals surface area contributed by atoms with Crippen molar-refractivity contribution in [1.29, 1.82) is 0 Å². The molecule has 1 aromatic carbocycles. The Bertz CT molecular complexity index is 646. The Morgan fingerprint density at radius 2 is 1.89 bits per heavy atom. The molecule has 2 aromatic rings. The first-order valence-corrected chi connectivity index (χ1v) is 5.62. The number of alkyl halides is 3. The predicted octanol–water partition coefficient (Wildman–Crippen LogP) is 1.90. The van der Waals surface area contributed by atoms with Gasteiger partial charge in [-0.1, -0.05) is 17.7 Å². The zero-order valence-electron chi connectivity index (χ0n) is 9.66. The molecular weight excluding hydrogens is 281 g/mol. The Morgan fingerprint density at radius 1 is 1.26 bits per heavy atom. The van der Waals surface area contributed by atoms with Gasteiger partial charge < -0.3 is 10.0 Å². The summed E-state index contributed by atoms with van der Waals surface area (Å²) in [6.07, 6.45) is -4.67. The fraction of sp³-hybridized carbons (Fsp3) is 0.182. The number of nitrogens with zero attached hydrogens (tertiary/aromatic N) is 1. The summed E-state index contributed by atoms with van der Waals surface area (Å²) >= 11 is 5.84. The van der Waals surface area contributed by atoms with E-state index >= 15 is 0 Å². The summed E-state index contributed by atoms with van der Waals surface area (Å²) < 4.78 is 38.2. The molecule has 0 radical (unpaired) electrons. The van der Waals surface area contributed by atoms with Crippen LogP contribution in [-0.2, 0) is 6.18 Å². The average Bonchev–Trinajstić information content (AvgIpc) is 2.31. The Hall–Kier alpha value is -1.31. The molecule has 100 valence electrons. The molecule has 0 aliphatic rings. The summed E-state index contributed by atoms with van der Waals surface area (Å²) in [6, 6.07) is 3.51. The lowest BCUT2D eigenvalue weighted by molar-refractivity contribution is -0.140. The first kappa shape index (κ1) is 14.1. The van der Waals surface area contributed by atoms with Crippen molar-refractivity contribution in [3.8, 4) is 0 Å². The number of halogens is 4. The largest absolute Gasteiger partial charge is 0.489 e. The van der Waals surface area contributed by atoms with E-state index in [1.54, 1.807) is 0 Å². The molecule has 0 saturated heterocycles. The van der Waals surface area contributed by atoms with Gasteiger partial charge in [-0.25, -0.2) is 4.98 Å². The number of hydrogen-bond donors (Lipinski definition) is 2. The van der Waals surface area contributed by atoms with Crippen LogP contribution in [0.4, 0.5) is 13.2 Å². The molecule has 1 aromatic heterocycles. The highest BCUT2D eigenvalue weighted by atomic mass is 35.5. The Morgan fingerprint density at radius 3 is 2.42 bits per heavy atom. The Balaban J connectivity index is 2.88. The summed E-state index contributed by atoms with van der Waals surface area (Å²) in [6.45, 7) is 1.52. The first-order valence-electron chi connectivity index (χ1n) is 5.25. The quantitative estimate of drug-likeness (QED) is 0.788. The standard InChI is InChI=1S/C11H8BClF3NO2/c1-5-8(13)3-2-6-7(12(18)19)4-9(11(14,15)16)17-10(5)6/h2-4,18-19H,1H3. The number of aryl methyl sites for hydroxylation is 1. The molecule has 0 aliphatic heterocycles. The van der Waals surface area contributed by atoms with Crippen LogP contribution in [0.2, 0.25) is 5.02 Å². The monoisotopic (exact) mass is 289 g/mol. The molecule has 0 amide bonds. The maximum atomic E-state index is 12.7. The second kappa shape index (κ2) is 4.66.